The smallest absolute Gasteiger partial charge is 0.251 e. The number of carbonyl (C=O) groups excluding carboxylic acids is 2. The molecule has 22 heavy (non-hydrogen) atoms. The Labute approximate surface area is 132 Å². The summed E-state index contributed by atoms with van der Waals surface area (Å²) in [5.41, 5.74) is 1.09. The van der Waals surface area contributed by atoms with Gasteiger partial charge in [-0.05, 0) is 44.9 Å². The number of rotatable bonds is 4. The summed E-state index contributed by atoms with van der Waals surface area (Å²) in [5, 5.41) is 5.96. The molecule has 1 aliphatic rings. The first-order valence-electron chi connectivity index (χ1n) is 8.28. The molecule has 4 heteroatoms. The molecule has 120 valence electrons. The van der Waals surface area contributed by atoms with Crippen molar-refractivity contribution in [1.82, 2.24) is 10.6 Å². The van der Waals surface area contributed by atoms with Crippen LogP contribution in [0.1, 0.15) is 73.1 Å². The van der Waals surface area contributed by atoms with Crippen molar-refractivity contribution in [3.63, 3.8) is 0 Å². The van der Waals surface area contributed by atoms with Crippen LogP contribution in [0.5, 0.6) is 0 Å². The second-order valence-electron chi connectivity index (χ2n) is 6.37. The maximum Gasteiger partial charge on any atom is 0.251 e. The van der Waals surface area contributed by atoms with Crippen molar-refractivity contribution < 1.29 is 9.59 Å². The van der Waals surface area contributed by atoms with E-state index in [4.69, 9.17) is 0 Å². The van der Waals surface area contributed by atoms with Gasteiger partial charge in [0.25, 0.3) is 11.8 Å². The Morgan fingerprint density at radius 3 is 2.18 bits per heavy atom. The fraction of sp³-hybridized carbons (Fsp3) is 0.556. The quantitative estimate of drug-likeness (QED) is 0.839. The van der Waals surface area contributed by atoms with Gasteiger partial charge >= 0.3 is 0 Å². The van der Waals surface area contributed by atoms with Gasteiger partial charge in [0.1, 0.15) is 0 Å². The number of nitrogens with one attached hydrogen (secondary N) is 2. The number of hydrogen-bond donors (Lipinski definition) is 2. The third-order valence-electron chi connectivity index (χ3n) is 4.00. The zero-order valence-corrected chi connectivity index (χ0v) is 13.5. The Morgan fingerprint density at radius 1 is 1.00 bits per heavy atom. The van der Waals surface area contributed by atoms with E-state index in [2.05, 4.69) is 10.6 Å². The Balaban J connectivity index is 2.01. The predicted molar refractivity (Wildman–Crippen MR) is 88.0 cm³/mol. The third-order valence-corrected chi connectivity index (χ3v) is 4.00. The highest BCUT2D eigenvalue weighted by Crippen LogP contribution is 2.17. The van der Waals surface area contributed by atoms with Gasteiger partial charge in [0.05, 0.1) is 0 Å². The van der Waals surface area contributed by atoms with E-state index >= 15 is 0 Å². The van der Waals surface area contributed by atoms with Crippen LogP contribution in [-0.4, -0.2) is 23.9 Å². The van der Waals surface area contributed by atoms with E-state index < -0.39 is 0 Å². The minimum absolute atomic E-state index is 0.0777. The lowest BCUT2D eigenvalue weighted by Gasteiger charge is -2.16. The van der Waals surface area contributed by atoms with Crippen molar-refractivity contribution in [3.05, 3.63) is 35.4 Å². The molecular weight excluding hydrogens is 276 g/mol. The van der Waals surface area contributed by atoms with Gasteiger partial charge in [-0.2, -0.15) is 0 Å². The van der Waals surface area contributed by atoms with Crippen molar-refractivity contribution in [2.75, 3.05) is 0 Å². The van der Waals surface area contributed by atoms with Gasteiger partial charge in [0, 0.05) is 23.2 Å². The summed E-state index contributed by atoms with van der Waals surface area (Å²) < 4.78 is 0. The van der Waals surface area contributed by atoms with E-state index in [0.717, 1.165) is 12.8 Å². The number of carbonyl (C=O) groups is 2. The van der Waals surface area contributed by atoms with Crippen LogP contribution in [0.25, 0.3) is 0 Å². The van der Waals surface area contributed by atoms with Crippen LogP contribution in [0.2, 0.25) is 0 Å². The average Bonchev–Trinajstić information content (AvgIpc) is 2.75. The second kappa shape index (κ2) is 7.97. The van der Waals surface area contributed by atoms with E-state index in [-0.39, 0.29) is 23.9 Å². The summed E-state index contributed by atoms with van der Waals surface area (Å²) in [6.45, 7) is 3.83. The maximum atomic E-state index is 12.4. The molecule has 2 amide bonds. The summed E-state index contributed by atoms with van der Waals surface area (Å²) >= 11 is 0. The molecule has 0 aromatic heterocycles. The van der Waals surface area contributed by atoms with Gasteiger partial charge in [-0.15, -0.1) is 0 Å². The van der Waals surface area contributed by atoms with E-state index in [1.807, 2.05) is 13.8 Å². The lowest BCUT2D eigenvalue weighted by atomic mass is 10.1. The van der Waals surface area contributed by atoms with Gasteiger partial charge in [-0.25, -0.2) is 0 Å². The molecule has 0 heterocycles. The maximum absolute atomic E-state index is 12.4. The first kappa shape index (κ1) is 16.5. The summed E-state index contributed by atoms with van der Waals surface area (Å²) in [4.78, 5) is 24.4. The Bertz CT molecular complexity index is 518. The second-order valence-corrected chi connectivity index (χ2v) is 6.37. The summed E-state index contributed by atoms with van der Waals surface area (Å²) in [6.07, 6.45) is 7.00. The van der Waals surface area contributed by atoms with E-state index in [1.54, 1.807) is 24.3 Å². The lowest BCUT2D eigenvalue weighted by molar-refractivity contribution is 0.0933. The van der Waals surface area contributed by atoms with Crippen LogP contribution in [0.3, 0.4) is 0 Å². The van der Waals surface area contributed by atoms with E-state index in [0.29, 0.717) is 11.1 Å². The first-order chi connectivity index (χ1) is 10.6. The topological polar surface area (TPSA) is 58.2 Å². The molecule has 0 aliphatic heterocycles. The lowest BCUT2D eigenvalue weighted by Crippen LogP contribution is -2.34. The molecule has 0 spiro atoms. The summed E-state index contributed by atoms with van der Waals surface area (Å²) in [5.74, 6) is -0.217. The molecule has 4 nitrogen and oxygen atoms in total. The van der Waals surface area contributed by atoms with Crippen LogP contribution >= 0.6 is 0 Å². The molecule has 0 radical (unpaired) electrons. The van der Waals surface area contributed by atoms with Crippen LogP contribution in [-0.2, 0) is 0 Å². The number of hydrogen-bond acceptors (Lipinski definition) is 2. The van der Waals surface area contributed by atoms with Crippen molar-refractivity contribution in [3.8, 4) is 0 Å². The average molecular weight is 302 g/mol. The molecule has 1 aliphatic carbocycles. The molecule has 2 rings (SSSR count). The Hall–Kier alpha value is -1.84. The predicted octanol–water partition coefficient (Wildman–Crippen LogP) is 3.28. The van der Waals surface area contributed by atoms with Gasteiger partial charge in [0.15, 0.2) is 0 Å². The minimum Gasteiger partial charge on any atom is -0.350 e. The van der Waals surface area contributed by atoms with Crippen molar-refractivity contribution in [1.29, 1.82) is 0 Å². The van der Waals surface area contributed by atoms with E-state index in [1.165, 1.54) is 25.7 Å². The summed E-state index contributed by atoms with van der Waals surface area (Å²) in [7, 11) is 0. The molecule has 0 bridgehead atoms. The standard InChI is InChI=1S/C18H26N2O2/c1-13(2)19-17(21)14-8-7-9-15(12-14)18(22)20-16-10-5-3-4-6-11-16/h7-9,12-13,16H,3-6,10-11H2,1-2H3,(H,19,21)(H,20,22). The Morgan fingerprint density at radius 2 is 1.59 bits per heavy atom. The molecular formula is C18H26N2O2. The number of amides is 2. The highest BCUT2D eigenvalue weighted by Gasteiger charge is 2.16. The minimum atomic E-state index is -0.140. The molecule has 1 aromatic carbocycles. The number of benzene rings is 1. The van der Waals surface area contributed by atoms with Gasteiger partial charge < -0.3 is 10.6 Å². The van der Waals surface area contributed by atoms with E-state index in [9.17, 15) is 9.59 Å². The fourth-order valence-electron chi connectivity index (χ4n) is 2.84. The van der Waals surface area contributed by atoms with Crippen LogP contribution < -0.4 is 10.6 Å². The van der Waals surface area contributed by atoms with Gasteiger partial charge in [-0.3, -0.25) is 9.59 Å². The van der Waals surface area contributed by atoms with Gasteiger partial charge in [-0.1, -0.05) is 31.7 Å². The molecule has 1 fully saturated rings. The Kier molecular flexibility index (Phi) is 5.99. The zero-order chi connectivity index (χ0) is 15.9. The molecule has 0 saturated heterocycles. The zero-order valence-electron chi connectivity index (χ0n) is 13.5. The van der Waals surface area contributed by atoms with Gasteiger partial charge in [0.2, 0.25) is 0 Å². The normalized spacial score (nSPS) is 16.1. The van der Waals surface area contributed by atoms with Crippen molar-refractivity contribution in [2.24, 2.45) is 0 Å². The summed E-state index contributed by atoms with van der Waals surface area (Å²) in [6, 6.07) is 7.28. The van der Waals surface area contributed by atoms with Crippen LogP contribution in [0.4, 0.5) is 0 Å². The molecule has 0 atom stereocenters. The van der Waals surface area contributed by atoms with Crippen molar-refractivity contribution in [2.45, 2.75) is 64.5 Å². The highest BCUT2D eigenvalue weighted by molar-refractivity contribution is 5.99. The van der Waals surface area contributed by atoms with Crippen LogP contribution in [0, 0.1) is 0 Å². The highest BCUT2D eigenvalue weighted by atomic mass is 16.2. The fourth-order valence-corrected chi connectivity index (χ4v) is 2.84. The molecule has 0 unspecified atom stereocenters. The SMILES string of the molecule is CC(C)NC(=O)c1cccc(C(=O)NC2CCCCCC2)c1. The molecule has 1 aromatic rings. The molecule has 2 N–H and O–H groups in total. The van der Waals surface area contributed by atoms with Crippen molar-refractivity contribution >= 4 is 11.8 Å². The molecule has 1 saturated carbocycles. The third kappa shape index (κ3) is 4.86. The van der Waals surface area contributed by atoms with Crippen LogP contribution in [0.15, 0.2) is 24.3 Å². The first-order valence-corrected chi connectivity index (χ1v) is 8.28. The monoisotopic (exact) mass is 302 g/mol. The largest absolute Gasteiger partial charge is 0.350 e.